The highest BCUT2D eigenvalue weighted by molar-refractivity contribution is 6.18. The lowest BCUT2D eigenvalue weighted by molar-refractivity contribution is 0.669. The van der Waals surface area contributed by atoms with E-state index in [4.69, 9.17) is 19.4 Å². The van der Waals surface area contributed by atoms with Crippen molar-refractivity contribution < 1.29 is 4.42 Å². The zero-order valence-corrected chi connectivity index (χ0v) is 27.7. The molecule has 4 nitrogen and oxygen atoms in total. The van der Waals surface area contributed by atoms with Crippen LogP contribution in [0.2, 0.25) is 0 Å². The number of furan rings is 1. The van der Waals surface area contributed by atoms with Crippen LogP contribution in [0.1, 0.15) is 23.7 Å². The summed E-state index contributed by atoms with van der Waals surface area (Å²) in [5.74, 6) is 2.07. The number of hydrogen-bond acceptors (Lipinski definition) is 4. The van der Waals surface area contributed by atoms with Gasteiger partial charge in [0.1, 0.15) is 17.0 Å². The van der Waals surface area contributed by atoms with Crippen LogP contribution in [0.5, 0.6) is 0 Å². The monoisotopic (exact) mass is 653 g/mol. The van der Waals surface area contributed by atoms with Crippen LogP contribution in [0.15, 0.2) is 174 Å². The number of allylic oxidation sites excluding steroid dienone is 4. The minimum Gasteiger partial charge on any atom is -0.456 e. The highest BCUT2D eigenvalue weighted by Gasteiger charge is 2.22. The number of rotatable bonds is 5. The Morgan fingerprint density at radius 2 is 1.14 bits per heavy atom. The van der Waals surface area contributed by atoms with E-state index in [9.17, 15) is 0 Å². The average Bonchev–Trinajstić information content (AvgIpc) is 3.60. The first-order valence-electron chi connectivity index (χ1n) is 17.4. The van der Waals surface area contributed by atoms with Crippen LogP contribution in [-0.4, -0.2) is 15.0 Å². The molecule has 10 rings (SSSR count). The van der Waals surface area contributed by atoms with Gasteiger partial charge in [-0.1, -0.05) is 152 Å². The van der Waals surface area contributed by atoms with E-state index in [1.807, 2.05) is 36.4 Å². The summed E-state index contributed by atoms with van der Waals surface area (Å²) in [5, 5.41) is 6.99. The molecule has 1 aliphatic rings. The van der Waals surface area contributed by atoms with Crippen LogP contribution in [-0.2, 0) is 0 Å². The predicted molar refractivity (Wildman–Crippen MR) is 209 cm³/mol. The topological polar surface area (TPSA) is 51.8 Å². The van der Waals surface area contributed by atoms with E-state index >= 15 is 0 Å². The molecule has 0 amide bonds. The molecule has 1 aliphatic carbocycles. The van der Waals surface area contributed by atoms with Crippen molar-refractivity contribution in [3.63, 3.8) is 0 Å². The molecule has 0 radical (unpaired) electrons. The van der Waals surface area contributed by atoms with Gasteiger partial charge in [-0.2, -0.15) is 0 Å². The van der Waals surface area contributed by atoms with Crippen molar-refractivity contribution in [1.29, 1.82) is 0 Å². The molecule has 240 valence electrons. The van der Waals surface area contributed by atoms with E-state index in [0.717, 1.165) is 56.4 Å². The second kappa shape index (κ2) is 12.0. The molecule has 2 aromatic heterocycles. The van der Waals surface area contributed by atoms with Gasteiger partial charge in [0.25, 0.3) is 0 Å². The highest BCUT2D eigenvalue weighted by Crippen LogP contribution is 2.42. The Morgan fingerprint density at radius 1 is 0.490 bits per heavy atom. The van der Waals surface area contributed by atoms with Crippen LogP contribution in [0, 0.1) is 0 Å². The predicted octanol–water partition coefficient (Wildman–Crippen LogP) is 12.2. The maximum atomic E-state index is 6.56. The molecular formula is C47H31N3O. The fourth-order valence-electron chi connectivity index (χ4n) is 7.51. The first kappa shape index (κ1) is 29.3. The summed E-state index contributed by atoms with van der Waals surface area (Å²) < 4.78 is 6.56. The van der Waals surface area contributed by atoms with E-state index < -0.39 is 0 Å². The Morgan fingerprint density at radius 3 is 1.90 bits per heavy atom. The standard InChI is InChI=1S/C47H31N3O/c1-3-11-30(12-4-1)31-21-26-35(27-22-31)46-48-45(34-14-5-2-6-15-34)49-47(50-46)39-18-10-20-42-44(39)43-38(17-9-19-41(43)51-42)36-28-25-33-24-23-32-13-7-8-16-37(32)40(33)29-36/h1-26,28-29,35H,27H2. The zero-order valence-electron chi connectivity index (χ0n) is 27.7. The van der Waals surface area contributed by atoms with Gasteiger partial charge >= 0.3 is 0 Å². The highest BCUT2D eigenvalue weighted by atomic mass is 16.3. The van der Waals surface area contributed by atoms with Crippen molar-refractivity contribution in [1.82, 2.24) is 15.0 Å². The van der Waals surface area contributed by atoms with Crippen molar-refractivity contribution in [2.45, 2.75) is 12.3 Å². The molecule has 0 aliphatic heterocycles. The van der Waals surface area contributed by atoms with Gasteiger partial charge in [-0.3, -0.25) is 0 Å². The maximum absolute atomic E-state index is 6.56. The number of nitrogens with zero attached hydrogens (tertiary/aromatic N) is 3. The summed E-state index contributed by atoms with van der Waals surface area (Å²) in [6.07, 6.45) is 7.51. The van der Waals surface area contributed by atoms with Gasteiger partial charge in [-0.15, -0.1) is 0 Å². The molecule has 0 saturated carbocycles. The Labute approximate surface area is 295 Å². The second-order valence-electron chi connectivity index (χ2n) is 13.1. The number of hydrogen-bond donors (Lipinski definition) is 0. The number of benzene rings is 7. The van der Waals surface area contributed by atoms with Gasteiger partial charge in [0.15, 0.2) is 11.6 Å². The van der Waals surface area contributed by atoms with Crippen molar-refractivity contribution >= 4 is 49.1 Å². The quantitative estimate of drug-likeness (QED) is 0.173. The minimum atomic E-state index is 0.0185. The van der Waals surface area contributed by atoms with Crippen LogP contribution in [0.25, 0.3) is 83.0 Å². The van der Waals surface area contributed by atoms with E-state index in [1.165, 1.54) is 32.7 Å². The van der Waals surface area contributed by atoms with Crippen LogP contribution in [0.3, 0.4) is 0 Å². The van der Waals surface area contributed by atoms with Gasteiger partial charge in [0.05, 0.1) is 0 Å². The normalized spacial score (nSPS) is 14.4. The minimum absolute atomic E-state index is 0.0185. The molecule has 9 aromatic rings. The van der Waals surface area contributed by atoms with Crippen molar-refractivity contribution in [2.24, 2.45) is 0 Å². The zero-order chi connectivity index (χ0) is 33.7. The number of aromatic nitrogens is 3. The molecule has 0 fully saturated rings. The van der Waals surface area contributed by atoms with Crippen LogP contribution in [0.4, 0.5) is 0 Å². The first-order valence-corrected chi connectivity index (χ1v) is 17.4. The van der Waals surface area contributed by atoms with E-state index in [1.54, 1.807) is 0 Å². The maximum Gasteiger partial charge on any atom is 0.164 e. The van der Waals surface area contributed by atoms with E-state index in [-0.39, 0.29) is 5.92 Å². The SMILES string of the molecule is C1=CC(c2nc(-c3ccccc3)nc(-c3cccc4oc5cccc(-c6ccc7ccc8ccccc8c7c6)c5c34)n2)CC=C1c1ccccc1. The lowest BCUT2D eigenvalue weighted by atomic mass is 9.92. The third-order valence-electron chi connectivity index (χ3n) is 10.0. The Hall–Kier alpha value is -6.65. The molecule has 0 spiro atoms. The van der Waals surface area contributed by atoms with E-state index in [0.29, 0.717) is 11.6 Å². The van der Waals surface area contributed by atoms with Gasteiger partial charge in [-0.25, -0.2) is 15.0 Å². The summed E-state index contributed by atoms with van der Waals surface area (Å²) in [7, 11) is 0. The Bertz CT molecular complexity index is 2830. The lowest BCUT2D eigenvalue weighted by Crippen LogP contribution is -2.08. The Balaban J connectivity index is 1.16. The molecule has 4 heteroatoms. The van der Waals surface area contributed by atoms with Gasteiger partial charge in [0.2, 0.25) is 0 Å². The number of fused-ring (bicyclic) bond motifs is 6. The molecular weight excluding hydrogens is 623 g/mol. The van der Waals surface area contributed by atoms with Crippen LogP contribution < -0.4 is 0 Å². The van der Waals surface area contributed by atoms with Gasteiger partial charge < -0.3 is 4.42 Å². The first-order chi connectivity index (χ1) is 25.3. The smallest absolute Gasteiger partial charge is 0.164 e. The molecule has 1 atom stereocenters. The van der Waals surface area contributed by atoms with Crippen molar-refractivity contribution in [2.75, 3.05) is 0 Å². The molecule has 0 bridgehead atoms. The molecule has 7 aromatic carbocycles. The second-order valence-corrected chi connectivity index (χ2v) is 13.1. The summed E-state index contributed by atoms with van der Waals surface area (Å²) in [6.45, 7) is 0. The van der Waals surface area contributed by atoms with Crippen molar-refractivity contribution in [3.05, 3.63) is 181 Å². The summed E-state index contributed by atoms with van der Waals surface area (Å²) in [5.41, 5.74) is 8.19. The largest absolute Gasteiger partial charge is 0.456 e. The van der Waals surface area contributed by atoms with Crippen molar-refractivity contribution in [3.8, 4) is 33.9 Å². The Kier molecular flexibility index (Phi) is 6.91. The van der Waals surface area contributed by atoms with E-state index in [2.05, 4.69) is 133 Å². The third-order valence-corrected chi connectivity index (χ3v) is 10.0. The van der Waals surface area contributed by atoms with Gasteiger partial charge in [0, 0.05) is 27.8 Å². The lowest BCUT2D eigenvalue weighted by Gasteiger charge is -2.17. The summed E-state index contributed by atoms with van der Waals surface area (Å²) >= 11 is 0. The molecule has 1 unspecified atom stereocenters. The molecule has 2 heterocycles. The third kappa shape index (κ3) is 5.12. The summed E-state index contributed by atoms with van der Waals surface area (Å²) in [6, 6.07) is 52.9. The van der Waals surface area contributed by atoms with Crippen LogP contribution >= 0.6 is 0 Å². The fraction of sp³-hybridized carbons (Fsp3) is 0.0426. The molecule has 0 saturated heterocycles. The van der Waals surface area contributed by atoms with Gasteiger partial charge in [-0.05, 0) is 68.4 Å². The molecule has 51 heavy (non-hydrogen) atoms. The molecule has 0 N–H and O–H groups in total. The average molecular weight is 654 g/mol. The fourth-order valence-corrected chi connectivity index (χ4v) is 7.51. The summed E-state index contributed by atoms with van der Waals surface area (Å²) in [4.78, 5) is 15.4.